The van der Waals surface area contributed by atoms with Gasteiger partial charge >= 0.3 is 0 Å². The standard InChI is InChI=1S/C70H47NO/c1-68(2,3)59-41-42-21-4-5-22-43(42)63-50-29-18-40-62(66(50)72-67(59)63)71(60-38-19-36-57-64(60)48-27-10-16-34-55(48)69(57)51-30-12-6-23-44(51)45-24-7-13-31-52(45)69)61-39-20-37-58-65(61)49-28-11-17-35-56(49)70(58)53-32-14-8-25-46(53)47-26-9-15-33-54(47)70/h4-41H,1-3H3. The molecule has 0 N–H and O–H groups in total. The van der Waals surface area contributed by atoms with Crippen LogP contribution in [-0.2, 0) is 16.2 Å². The highest BCUT2D eigenvalue weighted by atomic mass is 16.3. The average molecular weight is 918 g/mol. The van der Waals surface area contributed by atoms with Crippen molar-refractivity contribution in [2.45, 2.75) is 37.0 Å². The molecule has 16 rings (SSSR count). The maximum Gasteiger partial charge on any atom is 0.159 e. The maximum atomic E-state index is 7.58. The SMILES string of the molecule is CC(C)(C)c1cc2ccccc2c2c1oc1c(N(c3cccc4c3-c3ccccc3C43c4ccccc4-c4ccccc43)c3cccc4c3-c3ccccc3C43c4ccccc4-c4ccccc43)cccc12. The van der Waals surface area contributed by atoms with Gasteiger partial charge in [-0.2, -0.15) is 0 Å². The molecule has 4 aliphatic carbocycles. The molecule has 0 fully saturated rings. The highest BCUT2D eigenvalue weighted by Crippen LogP contribution is 2.68. The largest absolute Gasteiger partial charge is 0.454 e. The first kappa shape index (κ1) is 40.1. The summed E-state index contributed by atoms with van der Waals surface area (Å²) >= 11 is 0. The zero-order chi connectivity index (χ0) is 47.7. The minimum atomic E-state index is -0.515. The van der Waals surface area contributed by atoms with Gasteiger partial charge < -0.3 is 9.32 Å². The number of hydrogen-bond acceptors (Lipinski definition) is 2. The topological polar surface area (TPSA) is 16.4 Å². The van der Waals surface area contributed by atoms with Gasteiger partial charge in [-0.3, -0.25) is 0 Å². The van der Waals surface area contributed by atoms with Gasteiger partial charge in [0.15, 0.2) is 5.58 Å². The van der Waals surface area contributed by atoms with E-state index in [1.54, 1.807) is 0 Å². The van der Waals surface area contributed by atoms with Crippen LogP contribution in [-0.4, -0.2) is 0 Å². The van der Waals surface area contributed by atoms with Crippen LogP contribution in [0.3, 0.4) is 0 Å². The monoisotopic (exact) mass is 917 g/mol. The molecule has 1 heterocycles. The van der Waals surface area contributed by atoms with Gasteiger partial charge in [0.25, 0.3) is 0 Å². The lowest BCUT2D eigenvalue weighted by molar-refractivity contribution is 0.573. The quantitative estimate of drug-likeness (QED) is 0.176. The number of furan rings is 1. The van der Waals surface area contributed by atoms with Gasteiger partial charge in [0, 0.05) is 27.5 Å². The highest BCUT2D eigenvalue weighted by Gasteiger charge is 2.54. The predicted octanol–water partition coefficient (Wildman–Crippen LogP) is 18.2. The van der Waals surface area contributed by atoms with Crippen molar-refractivity contribution in [3.8, 4) is 44.5 Å². The van der Waals surface area contributed by atoms with Crippen LogP contribution in [0.2, 0.25) is 0 Å². The molecule has 1 aromatic heterocycles. The molecule has 338 valence electrons. The van der Waals surface area contributed by atoms with Crippen molar-refractivity contribution in [2.24, 2.45) is 0 Å². The summed E-state index contributed by atoms with van der Waals surface area (Å²) in [4.78, 5) is 2.59. The number of rotatable bonds is 3. The maximum absolute atomic E-state index is 7.58. The second-order valence-corrected chi connectivity index (χ2v) is 21.4. The van der Waals surface area contributed by atoms with E-state index >= 15 is 0 Å². The molecule has 0 radical (unpaired) electrons. The zero-order valence-corrected chi connectivity index (χ0v) is 40.3. The minimum Gasteiger partial charge on any atom is -0.454 e. The number of fused-ring (bicyclic) bond motifs is 25. The van der Waals surface area contributed by atoms with Gasteiger partial charge in [-0.25, -0.2) is 0 Å². The molecule has 12 aromatic rings. The lowest BCUT2D eigenvalue weighted by Gasteiger charge is -2.33. The third kappa shape index (κ3) is 4.76. The van der Waals surface area contributed by atoms with Crippen LogP contribution in [0.4, 0.5) is 17.1 Å². The summed E-state index contributed by atoms with van der Waals surface area (Å²) in [5, 5.41) is 4.70. The van der Waals surface area contributed by atoms with Crippen molar-refractivity contribution >= 4 is 49.8 Å². The van der Waals surface area contributed by atoms with Crippen LogP contribution in [0.5, 0.6) is 0 Å². The lowest BCUT2D eigenvalue weighted by Crippen LogP contribution is -2.26. The molecule has 0 saturated carbocycles. The van der Waals surface area contributed by atoms with E-state index in [0.29, 0.717) is 0 Å². The Hall–Kier alpha value is -8.72. The van der Waals surface area contributed by atoms with Crippen LogP contribution in [0.15, 0.2) is 235 Å². The normalized spacial score (nSPS) is 14.5. The first-order chi connectivity index (χ1) is 35.4. The van der Waals surface area contributed by atoms with E-state index in [9.17, 15) is 0 Å². The van der Waals surface area contributed by atoms with Crippen molar-refractivity contribution in [3.63, 3.8) is 0 Å². The first-order valence-electron chi connectivity index (χ1n) is 25.4. The Bertz CT molecular complexity index is 4060. The van der Waals surface area contributed by atoms with Crippen molar-refractivity contribution in [1.82, 2.24) is 0 Å². The number of benzene rings is 11. The summed E-state index contributed by atoms with van der Waals surface area (Å²) in [6.45, 7) is 6.91. The fourth-order valence-corrected chi connectivity index (χ4v) is 14.4. The summed E-state index contributed by atoms with van der Waals surface area (Å²) in [6, 6.07) is 87.0. The van der Waals surface area contributed by atoms with Gasteiger partial charge in [0.2, 0.25) is 0 Å². The van der Waals surface area contributed by atoms with E-state index in [0.717, 1.165) is 33.6 Å². The van der Waals surface area contributed by atoms with Gasteiger partial charge in [0.1, 0.15) is 5.58 Å². The molecule has 2 heteroatoms. The average Bonchev–Trinajstić information content (AvgIpc) is 4.20. The van der Waals surface area contributed by atoms with Gasteiger partial charge in [-0.1, -0.05) is 227 Å². The Balaban J connectivity index is 1.07. The fraction of sp³-hybridized carbons (Fsp3) is 0.0857. The lowest BCUT2D eigenvalue weighted by atomic mass is 9.70. The summed E-state index contributed by atoms with van der Waals surface area (Å²) in [5.41, 5.74) is 25.8. The summed E-state index contributed by atoms with van der Waals surface area (Å²) in [6.07, 6.45) is 0. The molecule has 0 saturated heterocycles. The van der Waals surface area contributed by atoms with E-state index in [2.05, 4.69) is 256 Å². The Kier molecular flexibility index (Phi) is 7.78. The van der Waals surface area contributed by atoms with Gasteiger partial charge in [0.05, 0.1) is 27.9 Å². The fourth-order valence-electron chi connectivity index (χ4n) is 14.4. The van der Waals surface area contributed by atoms with E-state index in [4.69, 9.17) is 4.42 Å². The van der Waals surface area contributed by atoms with Crippen molar-refractivity contribution in [1.29, 1.82) is 0 Å². The molecule has 0 amide bonds. The number of nitrogens with zero attached hydrogens (tertiary/aromatic N) is 1. The minimum absolute atomic E-state index is 0.172. The number of para-hydroxylation sites is 1. The van der Waals surface area contributed by atoms with E-state index in [-0.39, 0.29) is 5.41 Å². The molecule has 0 aliphatic heterocycles. The van der Waals surface area contributed by atoms with Crippen LogP contribution >= 0.6 is 0 Å². The Morgan fingerprint density at radius 1 is 0.333 bits per heavy atom. The molecule has 2 spiro atoms. The highest BCUT2D eigenvalue weighted by molar-refractivity contribution is 6.22. The summed E-state index contributed by atoms with van der Waals surface area (Å²) in [7, 11) is 0. The third-order valence-electron chi connectivity index (χ3n) is 17.0. The number of anilines is 3. The van der Waals surface area contributed by atoms with Crippen molar-refractivity contribution in [2.75, 3.05) is 4.90 Å². The van der Waals surface area contributed by atoms with E-state index in [1.165, 1.54) is 111 Å². The van der Waals surface area contributed by atoms with Crippen LogP contribution in [0.1, 0.15) is 70.8 Å². The third-order valence-corrected chi connectivity index (χ3v) is 17.0. The molecular formula is C70H47NO. The van der Waals surface area contributed by atoms with E-state index in [1.807, 2.05) is 0 Å². The van der Waals surface area contributed by atoms with Crippen molar-refractivity contribution in [3.05, 3.63) is 281 Å². The predicted molar refractivity (Wildman–Crippen MR) is 297 cm³/mol. The van der Waals surface area contributed by atoms with Crippen LogP contribution < -0.4 is 4.90 Å². The van der Waals surface area contributed by atoms with Crippen LogP contribution in [0.25, 0.3) is 77.2 Å². The Morgan fingerprint density at radius 2 is 0.694 bits per heavy atom. The molecule has 0 atom stereocenters. The summed E-state index contributed by atoms with van der Waals surface area (Å²) < 4.78 is 7.58. The van der Waals surface area contributed by atoms with Gasteiger partial charge in [-0.05, 0) is 118 Å². The van der Waals surface area contributed by atoms with Crippen molar-refractivity contribution < 1.29 is 4.42 Å². The van der Waals surface area contributed by atoms with E-state index < -0.39 is 10.8 Å². The molecule has 72 heavy (non-hydrogen) atoms. The molecule has 2 nitrogen and oxygen atoms in total. The molecule has 0 bridgehead atoms. The number of hydrogen-bond donors (Lipinski definition) is 0. The molecule has 11 aromatic carbocycles. The second-order valence-electron chi connectivity index (χ2n) is 21.4. The molecule has 0 unspecified atom stereocenters. The second kappa shape index (κ2) is 14.0. The Morgan fingerprint density at radius 3 is 1.17 bits per heavy atom. The molecular weight excluding hydrogens is 871 g/mol. The zero-order valence-electron chi connectivity index (χ0n) is 40.3. The van der Waals surface area contributed by atoms with Gasteiger partial charge in [-0.15, -0.1) is 0 Å². The smallest absolute Gasteiger partial charge is 0.159 e. The molecule has 4 aliphatic rings. The Labute approximate surface area is 419 Å². The van der Waals surface area contributed by atoms with Crippen LogP contribution in [0, 0.1) is 0 Å². The first-order valence-corrected chi connectivity index (χ1v) is 25.4. The summed E-state index contributed by atoms with van der Waals surface area (Å²) in [5.74, 6) is 0.